The van der Waals surface area contributed by atoms with Gasteiger partial charge >= 0.3 is 0 Å². The molecule has 2 aromatic rings. The second-order valence-electron chi connectivity index (χ2n) is 5.22. The van der Waals surface area contributed by atoms with Gasteiger partial charge in [-0.3, -0.25) is 9.59 Å². The lowest BCUT2D eigenvalue weighted by atomic mass is 10.2. The summed E-state index contributed by atoms with van der Waals surface area (Å²) in [6, 6.07) is 4.48. The van der Waals surface area contributed by atoms with E-state index in [-0.39, 0.29) is 34.2 Å². The molecule has 0 saturated heterocycles. The van der Waals surface area contributed by atoms with E-state index >= 15 is 0 Å². The van der Waals surface area contributed by atoms with E-state index in [0.29, 0.717) is 5.56 Å². The fourth-order valence-electron chi connectivity index (χ4n) is 1.88. The van der Waals surface area contributed by atoms with Crippen molar-refractivity contribution < 1.29 is 14.0 Å². The second-order valence-corrected chi connectivity index (χ2v) is 6.48. The van der Waals surface area contributed by atoms with E-state index in [0.717, 1.165) is 24.2 Å². The van der Waals surface area contributed by atoms with E-state index in [1.54, 1.807) is 0 Å². The van der Waals surface area contributed by atoms with Crippen molar-refractivity contribution in [3.63, 3.8) is 0 Å². The smallest absolute Gasteiger partial charge is 0.280 e. The van der Waals surface area contributed by atoms with Gasteiger partial charge in [0.2, 0.25) is 0 Å². The van der Waals surface area contributed by atoms with Crippen LogP contribution in [0.5, 0.6) is 0 Å². The number of carbonyl (C=O) groups is 2. The molecule has 1 aromatic carbocycles. The molecule has 0 atom stereocenters. The number of benzene rings is 1. The zero-order chi connectivity index (χ0) is 16.4. The zero-order valence-electron chi connectivity index (χ0n) is 11.9. The fraction of sp³-hybridized carbons (Fsp3) is 0.267. The van der Waals surface area contributed by atoms with Crippen molar-refractivity contribution in [3.8, 4) is 0 Å². The molecule has 2 amide bonds. The van der Waals surface area contributed by atoms with E-state index in [1.807, 2.05) is 0 Å². The molecule has 1 aliphatic carbocycles. The average Bonchev–Trinajstić information content (AvgIpc) is 3.20. The summed E-state index contributed by atoms with van der Waals surface area (Å²) in [6.07, 6.45) is 1.98. The van der Waals surface area contributed by atoms with E-state index in [2.05, 4.69) is 15.6 Å². The van der Waals surface area contributed by atoms with Gasteiger partial charge in [0.15, 0.2) is 5.01 Å². The van der Waals surface area contributed by atoms with Crippen molar-refractivity contribution in [2.45, 2.75) is 25.4 Å². The summed E-state index contributed by atoms with van der Waals surface area (Å²) in [6.45, 7) is 0.194. The number of amides is 2. The topological polar surface area (TPSA) is 71.1 Å². The molecule has 1 heterocycles. The van der Waals surface area contributed by atoms with E-state index in [1.165, 1.54) is 23.6 Å². The number of rotatable bonds is 5. The standard InChI is InChI=1S/C15H13ClFN3O2S/c16-10-5-8(1-4-11(10)17)6-18-13(21)12-7-23-15(20-12)14(22)19-9-2-3-9/h1,4-5,7,9H,2-3,6H2,(H,18,21)(H,19,22). The molecule has 1 aromatic heterocycles. The minimum atomic E-state index is -0.507. The van der Waals surface area contributed by atoms with Crippen LogP contribution in [0, 0.1) is 5.82 Å². The van der Waals surface area contributed by atoms with Crippen molar-refractivity contribution in [1.82, 2.24) is 15.6 Å². The monoisotopic (exact) mass is 353 g/mol. The van der Waals surface area contributed by atoms with Crippen LogP contribution in [0.3, 0.4) is 0 Å². The number of thiazole rings is 1. The maximum absolute atomic E-state index is 13.1. The molecule has 0 unspecified atom stereocenters. The first-order valence-electron chi connectivity index (χ1n) is 7.01. The summed E-state index contributed by atoms with van der Waals surface area (Å²) in [5.41, 5.74) is 0.857. The van der Waals surface area contributed by atoms with Gasteiger partial charge in [-0.15, -0.1) is 11.3 Å². The van der Waals surface area contributed by atoms with Crippen molar-refractivity contribution in [2.75, 3.05) is 0 Å². The lowest BCUT2D eigenvalue weighted by molar-refractivity contribution is 0.0945. The highest BCUT2D eigenvalue weighted by Gasteiger charge is 2.25. The van der Waals surface area contributed by atoms with Crippen LogP contribution in [0.4, 0.5) is 4.39 Å². The first-order chi connectivity index (χ1) is 11.0. The summed E-state index contributed by atoms with van der Waals surface area (Å²) >= 11 is 6.82. The van der Waals surface area contributed by atoms with Gasteiger partial charge < -0.3 is 10.6 Å². The first-order valence-corrected chi connectivity index (χ1v) is 8.27. The molecule has 3 rings (SSSR count). The second kappa shape index (κ2) is 6.64. The summed E-state index contributed by atoms with van der Waals surface area (Å²) in [5, 5.41) is 7.29. The van der Waals surface area contributed by atoms with Crippen LogP contribution in [-0.2, 0) is 6.54 Å². The molecule has 120 valence electrons. The Kier molecular flexibility index (Phi) is 4.58. The quantitative estimate of drug-likeness (QED) is 0.868. The number of nitrogens with one attached hydrogen (secondary N) is 2. The summed E-state index contributed by atoms with van der Waals surface area (Å²) in [4.78, 5) is 27.9. The molecule has 0 bridgehead atoms. The Labute approximate surface area is 140 Å². The average molecular weight is 354 g/mol. The van der Waals surface area contributed by atoms with Crippen LogP contribution in [0.15, 0.2) is 23.6 Å². The van der Waals surface area contributed by atoms with E-state index < -0.39 is 11.7 Å². The Balaban J connectivity index is 1.58. The highest BCUT2D eigenvalue weighted by atomic mass is 35.5. The molecule has 23 heavy (non-hydrogen) atoms. The number of hydrogen-bond donors (Lipinski definition) is 2. The lowest BCUT2D eigenvalue weighted by Gasteiger charge is -2.04. The lowest BCUT2D eigenvalue weighted by Crippen LogP contribution is -2.26. The van der Waals surface area contributed by atoms with Gasteiger partial charge in [-0.05, 0) is 30.5 Å². The minimum absolute atomic E-state index is 0.00411. The molecule has 0 radical (unpaired) electrons. The number of halogens is 2. The molecule has 2 N–H and O–H groups in total. The highest BCUT2D eigenvalue weighted by Crippen LogP contribution is 2.20. The Morgan fingerprint density at radius 1 is 1.35 bits per heavy atom. The summed E-state index contributed by atoms with van der Waals surface area (Å²) in [5.74, 6) is -1.15. The zero-order valence-corrected chi connectivity index (χ0v) is 13.5. The van der Waals surface area contributed by atoms with Gasteiger partial charge in [0.25, 0.3) is 11.8 Å². The molecule has 1 aliphatic rings. The number of carbonyl (C=O) groups excluding carboxylic acids is 2. The predicted molar refractivity (Wildman–Crippen MR) is 85.2 cm³/mol. The Morgan fingerprint density at radius 3 is 2.83 bits per heavy atom. The number of hydrogen-bond acceptors (Lipinski definition) is 4. The van der Waals surface area contributed by atoms with E-state index in [4.69, 9.17) is 11.6 Å². The van der Waals surface area contributed by atoms with Gasteiger partial charge in [0, 0.05) is 18.0 Å². The van der Waals surface area contributed by atoms with Crippen molar-refractivity contribution >= 4 is 34.8 Å². The summed E-state index contributed by atoms with van der Waals surface area (Å²) in [7, 11) is 0. The maximum atomic E-state index is 13.1. The van der Waals surface area contributed by atoms with Crippen LogP contribution < -0.4 is 10.6 Å². The molecule has 1 saturated carbocycles. The Bertz CT molecular complexity index is 761. The van der Waals surface area contributed by atoms with E-state index in [9.17, 15) is 14.0 Å². The third kappa shape index (κ3) is 4.05. The third-order valence-electron chi connectivity index (χ3n) is 3.28. The van der Waals surface area contributed by atoms with Crippen LogP contribution in [-0.4, -0.2) is 22.8 Å². The van der Waals surface area contributed by atoms with Gasteiger partial charge in [0.05, 0.1) is 5.02 Å². The molecule has 0 spiro atoms. The highest BCUT2D eigenvalue weighted by molar-refractivity contribution is 7.11. The Hall–Kier alpha value is -1.99. The first kappa shape index (κ1) is 15.9. The number of aromatic nitrogens is 1. The normalized spacial score (nSPS) is 13.7. The van der Waals surface area contributed by atoms with Crippen LogP contribution in [0.25, 0.3) is 0 Å². The molecule has 1 fully saturated rings. The summed E-state index contributed by atoms with van der Waals surface area (Å²) < 4.78 is 13.1. The van der Waals surface area contributed by atoms with Gasteiger partial charge in [-0.1, -0.05) is 17.7 Å². The third-order valence-corrected chi connectivity index (χ3v) is 4.41. The Morgan fingerprint density at radius 2 is 2.13 bits per heavy atom. The van der Waals surface area contributed by atoms with Gasteiger partial charge in [-0.2, -0.15) is 0 Å². The molecule has 5 nitrogen and oxygen atoms in total. The minimum Gasteiger partial charge on any atom is -0.347 e. The molecule has 0 aliphatic heterocycles. The number of nitrogens with zero attached hydrogens (tertiary/aromatic N) is 1. The fourth-order valence-corrected chi connectivity index (χ4v) is 2.78. The van der Waals surface area contributed by atoms with Gasteiger partial charge in [0.1, 0.15) is 11.5 Å². The largest absolute Gasteiger partial charge is 0.347 e. The molecular formula is C15H13ClFN3O2S. The van der Waals surface area contributed by atoms with Gasteiger partial charge in [-0.25, -0.2) is 9.37 Å². The molecule has 8 heteroatoms. The molecular weight excluding hydrogens is 341 g/mol. The van der Waals surface area contributed by atoms with Crippen LogP contribution in [0.1, 0.15) is 38.7 Å². The van der Waals surface area contributed by atoms with Crippen molar-refractivity contribution in [3.05, 3.63) is 50.7 Å². The predicted octanol–water partition coefficient (Wildman–Crippen LogP) is 2.76. The van der Waals surface area contributed by atoms with Crippen LogP contribution in [0.2, 0.25) is 5.02 Å². The van der Waals surface area contributed by atoms with Crippen molar-refractivity contribution in [1.29, 1.82) is 0 Å². The SMILES string of the molecule is O=C(NCc1ccc(F)c(Cl)c1)c1csc(C(=O)NC2CC2)n1. The van der Waals surface area contributed by atoms with Crippen LogP contribution >= 0.6 is 22.9 Å². The maximum Gasteiger partial charge on any atom is 0.280 e. The van der Waals surface area contributed by atoms with Crippen molar-refractivity contribution in [2.24, 2.45) is 0 Å².